The molecule has 3 aromatic rings. The third kappa shape index (κ3) is 4.10. The van der Waals surface area contributed by atoms with E-state index in [4.69, 9.17) is 4.74 Å². The van der Waals surface area contributed by atoms with Gasteiger partial charge in [0.05, 0.1) is 28.9 Å². The third-order valence-electron chi connectivity index (χ3n) is 5.43. The molecule has 7 nitrogen and oxygen atoms in total. The summed E-state index contributed by atoms with van der Waals surface area (Å²) in [4.78, 5) is 17.7. The Bertz CT molecular complexity index is 980. The number of nitrogens with zero attached hydrogens (tertiary/aromatic N) is 3. The molecule has 2 aromatic heterocycles. The van der Waals surface area contributed by atoms with Crippen molar-refractivity contribution in [3.63, 3.8) is 0 Å². The predicted octanol–water partition coefficient (Wildman–Crippen LogP) is 3.53. The fourth-order valence-corrected chi connectivity index (χ4v) is 3.73. The summed E-state index contributed by atoms with van der Waals surface area (Å²) in [6, 6.07) is 10.1. The molecule has 1 fully saturated rings. The molecule has 1 aliphatic heterocycles. The van der Waals surface area contributed by atoms with Gasteiger partial charge in [-0.15, -0.1) is 0 Å². The van der Waals surface area contributed by atoms with Crippen LogP contribution in [0.5, 0.6) is 0 Å². The van der Waals surface area contributed by atoms with Crippen molar-refractivity contribution in [1.29, 1.82) is 0 Å². The molecule has 0 spiro atoms. The van der Waals surface area contributed by atoms with Gasteiger partial charge in [0, 0.05) is 32.0 Å². The van der Waals surface area contributed by atoms with Crippen molar-refractivity contribution >= 4 is 22.6 Å². The maximum Gasteiger partial charge on any atom is 0.255 e. The Morgan fingerprint density at radius 3 is 2.72 bits per heavy atom. The lowest BCUT2D eigenvalue weighted by Gasteiger charge is -2.26. The van der Waals surface area contributed by atoms with Crippen LogP contribution in [0.1, 0.15) is 48.7 Å². The van der Waals surface area contributed by atoms with Gasteiger partial charge in [-0.2, -0.15) is 5.10 Å². The van der Waals surface area contributed by atoms with Crippen molar-refractivity contribution in [2.24, 2.45) is 0 Å². The van der Waals surface area contributed by atoms with E-state index in [2.05, 4.69) is 20.7 Å². The van der Waals surface area contributed by atoms with E-state index in [0.29, 0.717) is 5.56 Å². The maximum atomic E-state index is 13.2. The molecule has 1 aliphatic rings. The zero-order valence-electron chi connectivity index (χ0n) is 16.9. The molecule has 3 heterocycles. The second kappa shape index (κ2) is 8.61. The lowest BCUT2D eigenvalue weighted by Crippen LogP contribution is -2.31. The van der Waals surface area contributed by atoms with E-state index >= 15 is 0 Å². The molecule has 0 saturated carbocycles. The number of pyridine rings is 1. The first-order chi connectivity index (χ1) is 14.2. The van der Waals surface area contributed by atoms with Crippen LogP contribution in [0, 0.1) is 0 Å². The van der Waals surface area contributed by atoms with E-state index < -0.39 is 0 Å². The number of amides is 1. The molecule has 1 amide bonds. The molecular weight excluding hydrogens is 366 g/mol. The molecular formula is C22H27N5O2. The van der Waals surface area contributed by atoms with Crippen molar-refractivity contribution in [3.8, 4) is 0 Å². The largest absolute Gasteiger partial charge is 0.381 e. The molecule has 4 rings (SSSR count). The number of hydrogen-bond acceptors (Lipinski definition) is 5. The van der Waals surface area contributed by atoms with Gasteiger partial charge >= 0.3 is 0 Å². The highest BCUT2D eigenvalue weighted by Crippen LogP contribution is 2.29. The fourth-order valence-electron chi connectivity index (χ4n) is 3.73. The van der Waals surface area contributed by atoms with Gasteiger partial charge in [0.2, 0.25) is 0 Å². The van der Waals surface area contributed by atoms with Gasteiger partial charge in [-0.05, 0) is 32.3 Å². The van der Waals surface area contributed by atoms with E-state index in [0.717, 1.165) is 54.9 Å². The number of carbonyl (C=O) groups excluding carboxylic acids is 1. The summed E-state index contributed by atoms with van der Waals surface area (Å²) in [5, 5.41) is 12.0. The van der Waals surface area contributed by atoms with Crippen molar-refractivity contribution < 1.29 is 9.53 Å². The standard InChI is InChI=1S/C22H27N5O2/c1-3-27-21-18(14-24-27)20(26-17-9-11-29-12-10-17)19(13-23-21)22(28)25-15(2)16-7-5-4-6-8-16/h4-8,13-15,17H,3,9-12H2,1-2H3,(H,23,26)(H,25,28)/t15-/m0/s1. The number of rotatable bonds is 6. The molecule has 7 heteroatoms. The lowest BCUT2D eigenvalue weighted by atomic mass is 10.1. The SMILES string of the molecule is CCn1ncc2c(NC3CCOCC3)c(C(=O)N[C@@H](C)c3ccccc3)cnc21. The lowest BCUT2D eigenvalue weighted by molar-refractivity contribution is 0.0903. The van der Waals surface area contributed by atoms with Crippen LogP contribution in [-0.4, -0.2) is 39.9 Å². The first-order valence-corrected chi connectivity index (χ1v) is 10.2. The highest BCUT2D eigenvalue weighted by molar-refractivity contribution is 6.06. The molecule has 29 heavy (non-hydrogen) atoms. The second-order valence-electron chi connectivity index (χ2n) is 7.38. The summed E-state index contributed by atoms with van der Waals surface area (Å²) >= 11 is 0. The number of hydrogen-bond donors (Lipinski definition) is 2. The molecule has 0 bridgehead atoms. The number of ether oxygens (including phenoxy) is 1. The first kappa shape index (κ1) is 19.4. The van der Waals surface area contributed by atoms with Crippen LogP contribution in [0.2, 0.25) is 0 Å². The van der Waals surface area contributed by atoms with E-state index in [1.54, 1.807) is 12.4 Å². The summed E-state index contributed by atoms with van der Waals surface area (Å²) in [6.07, 6.45) is 5.27. The third-order valence-corrected chi connectivity index (χ3v) is 5.43. The molecule has 2 N–H and O–H groups in total. The predicted molar refractivity (Wildman–Crippen MR) is 113 cm³/mol. The summed E-state index contributed by atoms with van der Waals surface area (Å²) in [7, 11) is 0. The normalized spacial score (nSPS) is 15.9. The van der Waals surface area contributed by atoms with Gasteiger partial charge in [0.25, 0.3) is 5.91 Å². The summed E-state index contributed by atoms with van der Waals surface area (Å²) in [5.41, 5.74) is 3.20. The monoisotopic (exact) mass is 393 g/mol. The Labute approximate surface area is 170 Å². The van der Waals surface area contributed by atoms with E-state index in [1.165, 1.54) is 0 Å². The molecule has 0 aliphatic carbocycles. The van der Waals surface area contributed by atoms with Crippen molar-refractivity contribution in [3.05, 3.63) is 53.9 Å². The minimum atomic E-state index is -0.144. The van der Waals surface area contributed by atoms with Crippen molar-refractivity contribution in [2.45, 2.75) is 45.3 Å². The van der Waals surface area contributed by atoms with Crippen molar-refractivity contribution in [1.82, 2.24) is 20.1 Å². The van der Waals surface area contributed by atoms with Crippen LogP contribution in [0.25, 0.3) is 11.0 Å². The average molecular weight is 393 g/mol. The molecule has 1 aromatic carbocycles. The van der Waals surface area contributed by atoms with Gasteiger partial charge in [0.1, 0.15) is 0 Å². The Morgan fingerprint density at radius 1 is 1.24 bits per heavy atom. The maximum absolute atomic E-state index is 13.2. The second-order valence-corrected chi connectivity index (χ2v) is 7.38. The molecule has 1 saturated heterocycles. The van der Waals surface area contributed by atoms with Gasteiger partial charge in [-0.1, -0.05) is 30.3 Å². The summed E-state index contributed by atoms with van der Waals surface area (Å²) in [6.45, 7) is 6.20. The van der Waals surface area contributed by atoms with Gasteiger partial charge in [-0.3, -0.25) is 4.79 Å². The Morgan fingerprint density at radius 2 is 2.00 bits per heavy atom. The first-order valence-electron chi connectivity index (χ1n) is 10.2. The Kier molecular flexibility index (Phi) is 5.76. The molecule has 0 radical (unpaired) electrons. The summed E-state index contributed by atoms with van der Waals surface area (Å²) in [5.74, 6) is -0.144. The Balaban J connectivity index is 1.66. The number of aryl methyl sites for hydroxylation is 1. The van der Waals surface area contributed by atoms with E-state index in [9.17, 15) is 4.79 Å². The highest BCUT2D eigenvalue weighted by Gasteiger charge is 2.23. The number of nitrogens with one attached hydrogen (secondary N) is 2. The van der Waals surface area contributed by atoms with E-state index in [-0.39, 0.29) is 18.0 Å². The quantitative estimate of drug-likeness (QED) is 0.670. The highest BCUT2D eigenvalue weighted by atomic mass is 16.5. The number of fused-ring (bicyclic) bond motifs is 1. The zero-order valence-corrected chi connectivity index (χ0v) is 16.9. The topological polar surface area (TPSA) is 81.1 Å². The molecule has 0 unspecified atom stereocenters. The van der Waals surface area contributed by atoms with Crippen LogP contribution in [0.15, 0.2) is 42.7 Å². The Hall–Kier alpha value is -2.93. The fraction of sp³-hybridized carbons (Fsp3) is 0.409. The van der Waals surface area contributed by atoms with Crippen LogP contribution < -0.4 is 10.6 Å². The van der Waals surface area contributed by atoms with Crippen LogP contribution >= 0.6 is 0 Å². The van der Waals surface area contributed by atoms with Crippen LogP contribution in [0.3, 0.4) is 0 Å². The van der Waals surface area contributed by atoms with Crippen molar-refractivity contribution in [2.75, 3.05) is 18.5 Å². The number of anilines is 1. The minimum Gasteiger partial charge on any atom is -0.381 e. The van der Waals surface area contributed by atoms with Gasteiger partial charge in [-0.25, -0.2) is 9.67 Å². The molecule has 152 valence electrons. The number of aromatic nitrogens is 3. The number of carbonyl (C=O) groups is 1. The summed E-state index contributed by atoms with van der Waals surface area (Å²) < 4.78 is 7.32. The van der Waals surface area contributed by atoms with Crippen LogP contribution in [0.4, 0.5) is 5.69 Å². The average Bonchev–Trinajstić information content (AvgIpc) is 3.19. The van der Waals surface area contributed by atoms with Gasteiger partial charge in [0.15, 0.2) is 5.65 Å². The van der Waals surface area contributed by atoms with Gasteiger partial charge < -0.3 is 15.4 Å². The minimum absolute atomic E-state index is 0.103. The molecule has 1 atom stereocenters. The zero-order chi connectivity index (χ0) is 20.2. The van der Waals surface area contributed by atoms with E-state index in [1.807, 2.05) is 48.9 Å². The smallest absolute Gasteiger partial charge is 0.255 e. The van der Waals surface area contributed by atoms with Crippen LogP contribution in [-0.2, 0) is 11.3 Å². The number of benzene rings is 1.